The smallest absolute Gasteiger partial charge is 0.310 e. The zero-order valence-electron chi connectivity index (χ0n) is 16.9. The Morgan fingerprint density at radius 3 is 2.90 bits per heavy atom. The molecule has 1 aliphatic heterocycles. The van der Waals surface area contributed by atoms with Crippen LogP contribution in [-0.4, -0.2) is 41.5 Å². The highest BCUT2D eigenvalue weighted by Gasteiger charge is 2.32. The largest absolute Gasteiger partial charge is 0.466 e. The molecule has 8 nitrogen and oxygen atoms in total. The van der Waals surface area contributed by atoms with E-state index >= 15 is 0 Å². The number of thiophene rings is 2. The minimum atomic E-state index is -0.339. The van der Waals surface area contributed by atoms with Gasteiger partial charge in [0, 0.05) is 28.9 Å². The zero-order chi connectivity index (χ0) is 22.1. The number of anilines is 2. The maximum absolute atomic E-state index is 13.3. The van der Waals surface area contributed by atoms with Crippen molar-refractivity contribution >= 4 is 56.3 Å². The average molecular weight is 456 g/mol. The molecule has 1 amide bonds. The van der Waals surface area contributed by atoms with Crippen LogP contribution >= 0.6 is 22.7 Å². The third kappa shape index (κ3) is 3.71. The number of piperidine rings is 1. The zero-order valence-corrected chi connectivity index (χ0v) is 18.5. The summed E-state index contributed by atoms with van der Waals surface area (Å²) in [5.41, 5.74) is 13.7. The Hall–Kier alpha value is -3.16. The lowest BCUT2D eigenvalue weighted by atomic mass is 9.98. The van der Waals surface area contributed by atoms with Crippen molar-refractivity contribution in [3.05, 3.63) is 28.0 Å². The van der Waals surface area contributed by atoms with Crippen molar-refractivity contribution in [3.63, 3.8) is 0 Å². The van der Waals surface area contributed by atoms with Gasteiger partial charge in [0.15, 0.2) is 0 Å². The second kappa shape index (κ2) is 8.53. The highest BCUT2D eigenvalue weighted by Crippen LogP contribution is 2.44. The van der Waals surface area contributed by atoms with Gasteiger partial charge in [-0.3, -0.25) is 9.59 Å². The number of carbonyl (C=O) groups excluding carboxylic acids is 2. The molecule has 0 radical (unpaired) electrons. The average Bonchev–Trinajstić information content (AvgIpc) is 3.41. The molecule has 0 aromatic carbocycles. The van der Waals surface area contributed by atoms with Crippen molar-refractivity contribution in [3.8, 4) is 16.5 Å². The molecule has 1 fully saturated rings. The number of hydrogen-bond donors (Lipinski definition) is 2. The summed E-state index contributed by atoms with van der Waals surface area (Å²) in [4.78, 5) is 33.2. The molecule has 0 aliphatic carbocycles. The standard InChI is InChI=1S/C21H21N5O3S2/c1-2-29-21(28)11-5-3-7-26(10-11)20(27)17-16(23)15-14(13-6-4-8-30-13)12(9-22)18(24)25-19(15)31-17/h4,6,8,11H,2-3,5,7,10,23H2,1H3,(H2,24,25). The highest BCUT2D eigenvalue weighted by molar-refractivity contribution is 7.21. The molecule has 160 valence electrons. The Bertz CT molecular complexity index is 1200. The molecule has 31 heavy (non-hydrogen) atoms. The van der Waals surface area contributed by atoms with Crippen LogP contribution in [0.1, 0.15) is 35.0 Å². The van der Waals surface area contributed by atoms with Gasteiger partial charge >= 0.3 is 5.97 Å². The van der Waals surface area contributed by atoms with Crippen molar-refractivity contribution in [2.24, 2.45) is 5.92 Å². The van der Waals surface area contributed by atoms with Crippen molar-refractivity contribution in [2.75, 3.05) is 31.2 Å². The maximum atomic E-state index is 13.3. The molecule has 4 N–H and O–H groups in total. The first-order valence-electron chi connectivity index (χ1n) is 9.87. The second-order valence-electron chi connectivity index (χ2n) is 7.20. The summed E-state index contributed by atoms with van der Waals surface area (Å²) >= 11 is 2.62. The number of pyridine rings is 1. The fraction of sp³-hybridized carbons (Fsp3) is 0.333. The molecule has 10 heteroatoms. The van der Waals surface area contributed by atoms with Gasteiger partial charge in [0.2, 0.25) is 0 Å². The van der Waals surface area contributed by atoms with E-state index in [1.165, 1.54) is 11.3 Å². The third-order valence-corrected chi connectivity index (χ3v) is 7.28. The van der Waals surface area contributed by atoms with Gasteiger partial charge in [-0.05, 0) is 31.2 Å². The SMILES string of the molecule is CCOC(=O)C1CCCN(C(=O)c2sc3nc(N)c(C#N)c(-c4cccs4)c3c2N)C1. The van der Waals surface area contributed by atoms with Crippen LogP contribution in [0.3, 0.4) is 0 Å². The lowest BCUT2D eigenvalue weighted by molar-refractivity contribution is -0.149. The van der Waals surface area contributed by atoms with Crippen LogP contribution in [0.4, 0.5) is 11.5 Å². The number of nitrogens with two attached hydrogens (primary N) is 2. The first-order valence-corrected chi connectivity index (χ1v) is 11.6. The fourth-order valence-electron chi connectivity index (χ4n) is 3.87. The number of nitrogens with zero attached hydrogens (tertiary/aromatic N) is 3. The number of nitriles is 1. The quantitative estimate of drug-likeness (QED) is 0.575. The number of likely N-dealkylation sites (tertiary alicyclic amines) is 1. The van der Waals surface area contributed by atoms with E-state index in [9.17, 15) is 14.9 Å². The molecule has 1 atom stereocenters. The highest BCUT2D eigenvalue weighted by atomic mass is 32.1. The Kier molecular flexibility index (Phi) is 5.80. The molecule has 3 aromatic heterocycles. The van der Waals surface area contributed by atoms with Gasteiger partial charge in [-0.1, -0.05) is 6.07 Å². The Balaban J connectivity index is 1.77. The molecule has 3 aromatic rings. The van der Waals surface area contributed by atoms with E-state index in [2.05, 4.69) is 11.1 Å². The molecular weight excluding hydrogens is 434 g/mol. The van der Waals surface area contributed by atoms with Gasteiger partial charge < -0.3 is 21.1 Å². The van der Waals surface area contributed by atoms with Gasteiger partial charge in [0.1, 0.15) is 27.2 Å². The van der Waals surface area contributed by atoms with Gasteiger partial charge in [-0.15, -0.1) is 22.7 Å². The number of fused-ring (bicyclic) bond motifs is 1. The van der Waals surface area contributed by atoms with Gasteiger partial charge in [-0.2, -0.15) is 5.26 Å². The minimum absolute atomic E-state index is 0.110. The van der Waals surface area contributed by atoms with E-state index in [0.717, 1.165) is 16.2 Å². The predicted molar refractivity (Wildman–Crippen MR) is 122 cm³/mol. The number of rotatable bonds is 4. The first kappa shape index (κ1) is 21.1. The molecule has 1 unspecified atom stereocenters. The molecule has 0 bridgehead atoms. The van der Waals surface area contributed by atoms with Crippen molar-refractivity contribution in [1.29, 1.82) is 5.26 Å². The van der Waals surface area contributed by atoms with Gasteiger partial charge in [0.25, 0.3) is 5.91 Å². The number of hydrogen-bond acceptors (Lipinski definition) is 9. The van der Waals surface area contributed by atoms with Crippen LogP contribution in [0.15, 0.2) is 17.5 Å². The topological polar surface area (TPSA) is 135 Å². The fourth-order valence-corrected chi connectivity index (χ4v) is 5.73. The van der Waals surface area contributed by atoms with E-state index in [-0.39, 0.29) is 34.9 Å². The van der Waals surface area contributed by atoms with Gasteiger partial charge in [-0.25, -0.2) is 4.98 Å². The lowest BCUT2D eigenvalue weighted by Gasteiger charge is -2.31. The van der Waals surface area contributed by atoms with E-state index in [1.807, 2.05) is 17.5 Å². The molecule has 1 aliphatic rings. The summed E-state index contributed by atoms with van der Waals surface area (Å²) < 4.78 is 5.13. The van der Waals surface area contributed by atoms with E-state index < -0.39 is 0 Å². The monoisotopic (exact) mass is 455 g/mol. The van der Waals surface area contributed by atoms with Crippen LogP contribution in [0.5, 0.6) is 0 Å². The normalized spacial score (nSPS) is 16.3. The first-order chi connectivity index (χ1) is 15.0. The number of nitrogen functional groups attached to an aromatic ring is 2. The lowest BCUT2D eigenvalue weighted by Crippen LogP contribution is -2.42. The van der Waals surface area contributed by atoms with Crippen LogP contribution in [0, 0.1) is 17.2 Å². The maximum Gasteiger partial charge on any atom is 0.310 e. The molecular formula is C21H21N5O3S2. The second-order valence-corrected chi connectivity index (χ2v) is 9.15. The van der Waals surface area contributed by atoms with Crippen molar-refractivity contribution in [1.82, 2.24) is 9.88 Å². The molecule has 0 saturated carbocycles. The molecule has 1 saturated heterocycles. The van der Waals surface area contributed by atoms with Crippen LogP contribution < -0.4 is 11.5 Å². The summed E-state index contributed by atoms with van der Waals surface area (Å²) in [6.45, 7) is 2.91. The summed E-state index contributed by atoms with van der Waals surface area (Å²) in [6.07, 6.45) is 1.40. The van der Waals surface area contributed by atoms with Crippen molar-refractivity contribution in [2.45, 2.75) is 19.8 Å². The van der Waals surface area contributed by atoms with Gasteiger partial charge in [0.05, 0.1) is 18.2 Å². The number of carbonyl (C=O) groups is 2. The number of esters is 1. The van der Waals surface area contributed by atoms with Crippen LogP contribution in [0.2, 0.25) is 0 Å². The summed E-state index contributed by atoms with van der Waals surface area (Å²) in [5.74, 6) is -0.756. The number of aromatic nitrogens is 1. The minimum Gasteiger partial charge on any atom is -0.466 e. The van der Waals surface area contributed by atoms with E-state index in [0.29, 0.717) is 53.2 Å². The Labute approximate surface area is 187 Å². The van der Waals surface area contributed by atoms with E-state index in [1.54, 1.807) is 11.8 Å². The molecule has 0 spiro atoms. The van der Waals surface area contributed by atoms with Crippen LogP contribution in [-0.2, 0) is 9.53 Å². The number of ether oxygens (including phenoxy) is 1. The molecule has 4 rings (SSSR count). The Morgan fingerprint density at radius 2 is 2.23 bits per heavy atom. The Morgan fingerprint density at radius 1 is 1.42 bits per heavy atom. The van der Waals surface area contributed by atoms with E-state index in [4.69, 9.17) is 16.2 Å². The predicted octanol–water partition coefficient (Wildman–Crippen LogP) is 3.48. The summed E-state index contributed by atoms with van der Waals surface area (Å²) in [7, 11) is 0. The summed E-state index contributed by atoms with van der Waals surface area (Å²) in [5, 5.41) is 12.1. The van der Waals surface area contributed by atoms with Crippen molar-refractivity contribution < 1.29 is 14.3 Å². The third-order valence-electron chi connectivity index (χ3n) is 5.31. The molecule has 4 heterocycles. The van der Waals surface area contributed by atoms with Crippen LogP contribution in [0.25, 0.3) is 20.7 Å². The number of amides is 1. The summed E-state index contributed by atoms with van der Waals surface area (Å²) in [6, 6.07) is 5.88.